The Morgan fingerprint density at radius 3 is 2.62 bits per heavy atom. The highest BCUT2D eigenvalue weighted by atomic mass is 16.5. The van der Waals surface area contributed by atoms with Gasteiger partial charge in [-0.1, -0.05) is 50.1 Å². The van der Waals surface area contributed by atoms with E-state index < -0.39 is 0 Å². The normalized spacial score (nSPS) is 17.2. The first-order valence-corrected chi connectivity index (χ1v) is 13.2. The van der Waals surface area contributed by atoms with Gasteiger partial charge in [-0.2, -0.15) is 5.10 Å². The first-order valence-electron chi connectivity index (χ1n) is 13.2. The maximum absolute atomic E-state index is 14.0. The Morgan fingerprint density at radius 1 is 1.05 bits per heavy atom. The van der Waals surface area contributed by atoms with Crippen molar-refractivity contribution in [3.05, 3.63) is 95.4 Å². The number of carbonyl (C=O) groups excluding carboxylic acids is 1. The average molecular weight is 496 g/mol. The Morgan fingerprint density at radius 2 is 1.86 bits per heavy atom. The molecule has 0 unspecified atom stereocenters. The highest BCUT2D eigenvalue weighted by Gasteiger charge is 2.37. The van der Waals surface area contributed by atoms with E-state index in [1.165, 1.54) is 12.8 Å². The largest absolute Gasteiger partial charge is 0.497 e. The number of aryl methyl sites for hydroxylation is 1. The fraction of sp³-hybridized carbons (Fsp3) is 0.333. The molecule has 0 bridgehead atoms. The number of nitrogens with zero attached hydrogens (tertiary/aromatic N) is 4. The van der Waals surface area contributed by atoms with Crippen molar-refractivity contribution in [3.63, 3.8) is 0 Å². The fourth-order valence-corrected chi connectivity index (χ4v) is 5.84. The molecule has 1 aliphatic heterocycles. The number of nitrogens with one attached hydrogen (secondary N) is 1. The minimum atomic E-state index is -0.284. The maximum atomic E-state index is 14.0. The van der Waals surface area contributed by atoms with Gasteiger partial charge in [-0.3, -0.25) is 0 Å². The van der Waals surface area contributed by atoms with Crippen LogP contribution in [0.3, 0.4) is 0 Å². The molecule has 4 aromatic rings. The van der Waals surface area contributed by atoms with Crippen LogP contribution in [0.5, 0.6) is 5.75 Å². The highest BCUT2D eigenvalue weighted by Crippen LogP contribution is 2.39. The van der Waals surface area contributed by atoms with Crippen molar-refractivity contribution in [1.29, 1.82) is 0 Å². The van der Waals surface area contributed by atoms with Gasteiger partial charge in [-0.25, -0.2) is 9.48 Å². The molecular formula is C30H33N5O2. The zero-order valence-electron chi connectivity index (χ0n) is 21.4. The molecule has 2 aromatic carbocycles. The molecule has 2 aliphatic rings. The van der Waals surface area contributed by atoms with Gasteiger partial charge >= 0.3 is 6.03 Å². The third-order valence-corrected chi connectivity index (χ3v) is 7.66. The summed E-state index contributed by atoms with van der Waals surface area (Å²) in [7, 11) is 1.68. The van der Waals surface area contributed by atoms with Crippen molar-refractivity contribution in [2.24, 2.45) is 0 Å². The number of para-hydroxylation sites is 1. The van der Waals surface area contributed by atoms with Crippen molar-refractivity contribution in [2.45, 2.75) is 57.7 Å². The van der Waals surface area contributed by atoms with Gasteiger partial charge in [0.1, 0.15) is 11.6 Å². The summed E-state index contributed by atoms with van der Waals surface area (Å²) in [5, 5.41) is 8.39. The maximum Gasteiger partial charge on any atom is 0.318 e. The average Bonchev–Trinajstić information content (AvgIpc) is 3.68. The Labute approximate surface area is 217 Å². The van der Waals surface area contributed by atoms with Crippen LogP contribution in [-0.2, 0) is 13.0 Å². The minimum Gasteiger partial charge on any atom is -0.497 e. The predicted octanol–water partition coefficient (Wildman–Crippen LogP) is 5.79. The molecule has 7 nitrogen and oxygen atoms in total. The molecule has 190 valence electrons. The first-order chi connectivity index (χ1) is 18.2. The Hall–Kier alpha value is -4.00. The standard InChI is InChI=1S/C30H33N5O2/c1-3-26-25-20-34(30(36)31-22-12-7-8-13-22)28(21-11-9-16-24(19-21)37-2)27-17-10-18-33(27)29(25)35(32-26)23-14-5-4-6-15-23/h4-6,9-11,14-19,22,28H,3,7-8,12-13,20H2,1-2H3,(H,31,36)/t28-/m1/s1. The number of hydrogen-bond donors (Lipinski definition) is 1. The van der Waals surface area contributed by atoms with E-state index in [2.05, 4.69) is 53.3 Å². The van der Waals surface area contributed by atoms with E-state index in [4.69, 9.17) is 9.84 Å². The summed E-state index contributed by atoms with van der Waals surface area (Å²) in [5.74, 6) is 1.77. The molecule has 0 saturated heterocycles. The van der Waals surface area contributed by atoms with Crippen molar-refractivity contribution in [2.75, 3.05) is 7.11 Å². The molecule has 6 rings (SSSR count). The number of amides is 2. The van der Waals surface area contributed by atoms with Crippen LogP contribution in [0.15, 0.2) is 72.9 Å². The molecular weight excluding hydrogens is 462 g/mol. The lowest BCUT2D eigenvalue weighted by Gasteiger charge is -2.32. The molecule has 7 heteroatoms. The Balaban J connectivity index is 1.55. The van der Waals surface area contributed by atoms with E-state index in [9.17, 15) is 4.79 Å². The second kappa shape index (κ2) is 9.81. The predicted molar refractivity (Wildman–Crippen MR) is 143 cm³/mol. The van der Waals surface area contributed by atoms with Gasteiger partial charge < -0.3 is 19.5 Å². The van der Waals surface area contributed by atoms with E-state index >= 15 is 0 Å². The minimum absolute atomic E-state index is 0.0326. The van der Waals surface area contributed by atoms with Gasteiger partial charge in [0.15, 0.2) is 0 Å². The zero-order valence-corrected chi connectivity index (χ0v) is 21.4. The molecule has 2 aromatic heterocycles. The van der Waals surface area contributed by atoms with Crippen LogP contribution in [0.1, 0.15) is 61.2 Å². The smallest absolute Gasteiger partial charge is 0.318 e. The quantitative estimate of drug-likeness (QED) is 0.381. The van der Waals surface area contributed by atoms with Crippen LogP contribution in [-0.4, -0.2) is 38.4 Å². The monoisotopic (exact) mass is 495 g/mol. The number of rotatable bonds is 5. The second-order valence-corrected chi connectivity index (χ2v) is 9.89. The number of benzene rings is 2. The molecule has 1 atom stereocenters. The summed E-state index contributed by atoms with van der Waals surface area (Å²) in [6.07, 6.45) is 7.28. The van der Waals surface area contributed by atoms with Crippen LogP contribution in [0.4, 0.5) is 4.79 Å². The molecule has 2 amide bonds. The number of ether oxygens (including phenoxy) is 1. The van der Waals surface area contributed by atoms with E-state index in [0.29, 0.717) is 6.54 Å². The third-order valence-electron chi connectivity index (χ3n) is 7.66. The van der Waals surface area contributed by atoms with Crippen LogP contribution in [0.2, 0.25) is 0 Å². The highest BCUT2D eigenvalue weighted by molar-refractivity contribution is 5.76. The number of methoxy groups -OCH3 is 1. The molecule has 1 fully saturated rings. The topological polar surface area (TPSA) is 64.3 Å². The lowest BCUT2D eigenvalue weighted by Crippen LogP contribution is -2.45. The van der Waals surface area contributed by atoms with Gasteiger partial charge in [-0.05, 0) is 61.2 Å². The van der Waals surface area contributed by atoms with Gasteiger partial charge in [-0.15, -0.1) is 0 Å². The summed E-state index contributed by atoms with van der Waals surface area (Å²) >= 11 is 0. The SMILES string of the molecule is CCc1nn(-c2ccccc2)c2c1CN(C(=O)NC1CCCC1)[C@H](c1cccc(OC)c1)c1cccn1-2. The summed E-state index contributed by atoms with van der Waals surface area (Å²) in [4.78, 5) is 16.0. The van der Waals surface area contributed by atoms with E-state index in [1.54, 1.807) is 7.11 Å². The third kappa shape index (κ3) is 4.18. The number of carbonyl (C=O) groups is 1. The van der Waals surface area contributed by atoms with Crippen LogP contribution < -0.4 is 10.1 Å². The van der Waals surface area contributed by atoms with Crippen molar-refractivity contribution in [1.82, 2.24) is 24.6 Å². The van der Waals surface area contributed by atoms with Gasteiger partial charge in [0.2, 0.25) is 0 Å². The zero-order chi connectivity index (χ0) is 25.4. The molecule has 1 saturated carbocycles. The Kier molecular flexibility index (Phi) is 6.20. The molecule has 3 heterocycles. The molecule has 1 aliphatic carbocycles. The summed E-state index contributed by atoms with van der Waals surface area (Å²) < 4.78 is 9.81. The fourth-order valence-electron chi connectivity index (χ4n) is 5.84. The molecule has 0 spiro atoms. The number of aromatic nitrogens is 3. The van der Waals surface area contributed by atoms with Gasteiger partial charge in [0.25, 0.3) is 0 Å². The number of urea groups is 1. The molecule has 1 N–H and O–H groups in total. The van der Waals surface area contributed by atoms with E-state index in [0.717, 1.165) is 59.0 Å². The second-order valence-electron chi connectivity index (χ2n) is 9.89. The molecule has 37 heavy (non-hydrogen) atoms. The first kappa shape index (κ1) is 23.4. The van der Waals surface area contributed by atoms with Crippen molar-refractivity contribution in [3.8, 4) is 17.3 Å². The number of hydrogen-bond acceptors (Lipinski definition) is 3. The van der Waals surface area contributed by atoms with E-state index in [-0.39, 0.29) is 18.1 Å². The van der Waals surface area contributed by atoms with Gasteiger partial charge in [0.05, 0.1) is 36.8 Å². The Bertz CT molecular complexity index is 1400. The summed E-state index contributed by atoms with van der Waals surface area (Å²) in [5.41, 5.74) is 5.12. The van der Waals surface area contributed by atoms with Crippen LogP contribution in [0.25, 0.3) is 11.5 Å². The number of fused-ring (bicyclic) bond motifs is 3. The lowest BCUT2D eigenvalue weighted by atomic mass is 10.0. The van der Waals surface area contributed by atoms with Crippen molar-refractivity contribution >= 4 is 6.03 Å². The van der Waals surface area contributed by atoms with E-state index in [1.807, 2.05) is 46.0 Å². The summed E-state index contributed by atoms with van der Waals surface area (Å²) in [6.45, 7) is 2.59. The molecule has 0 radical (unpaired) electrons. The lowest BCUT2D eigenvalue weighted by molar-refractivity contribution is 0.176. The van der Waals surface area contributed by atoms with Gasteiger partial charge in [0, 0.05) is 17.8 Å². The van der Waals surface area contributed by atoms with Crippen molar-refractivity contribution < 1.29 is 9.53 Å². The van der Waals surface area contributed by atoms with Crippen LogP contribution >= 0.6 is 0 Å². The van der Waals surface area contributed by atoms with Crippen LogP contribution in [0, 0.1) is 0 Å². The summed E-state index contributed by atoms with van der Waals surface area (Å²) in [6, 6.07) is 22.4.